The van der Waals surface area contributed by atoms with Crippen LogP contribution in [0.1, 0.15) is 35.9 Å². The van der Waals surface area contributed by atoms with Crippen molar-refractivity contribution in [2.75, 3.05) is 0 Å². The molecule has 2 aromatic carbocycles. The molecule has 0 unspecified atom stereocenters. The van der Waals surface area contributed by atoms with E-state index in [2.05, 4.69) is 10.3 Å². The van der Waals surface area contributed by atoms with Crippen molar-refractivity contribution in [2.24, 2.45) is 0 Å². The molecule has 1 aliphatic carbocycles. The highest BCUT2D eigenvalue weighted by atomic mass is 16.5. The number of carbonyl (C=O) groups excluding carboxylic acids is 2. The maximum atomic E-state index is 12.4. The quantitative estimate of drug-likeness (QED) is 0.707. The van der Waals surface area contributed by atoms with Crippen molar-refractivity contribution in [3.05, 3.63) is 59.9 Å². The van der Waals surface area contributed by atoms with Gasteiger partial charge in [-0.1, -0.05) is 18.2 Å². The topological polar surface area (TPSA) is 73.2 Å². The molecule has 6 nitrogen and oxygen atoms in total. The summed E-state index contributed by atoms with van der Waals surface area (Å²) < 4.78 is 7.35. The summed E-state index contributed by atoms with van der Waals surface area (Å²) in [4.78, 5) is 29.0. The minimum atomic E-state index is -0.822. The number of carbonyl (C=O) groups is 2. The molecule has 1 atom stereocenters. The van der Waals surface area contributed by atoms with Gasteiger partial charge >= 0.3 is 5.97 Å². The van der Waals surface area contributed by atoms with Crippen molar-refractivity contribution in [3.63, 3.8) is 0 Å². The highest BCUT2D eigenvalue weighted by molar-refractivity contribution is 5.95. The third-order valence-corrected chi connectivity index (χ3v) is 4.65. The lowest BCUT2D eigenvalue weighted by Gasteiger charge is -2.13. The summed E-state index contributed by atoms with van der Waals surface area (Å²) in [5.74, 6) is 0.0530. The van der Waals surface area contributed by atoms with Crippen LogP contribution < -0.4 is 5.32 Å². The molecule has 1 N–H and O–H groups in total. The summed E-state index contributed by atoms with van der Waals surface area (Å²) in [6.07, 6.45) is 1.16. The van der Waals surface area contributed by atoms with E-state index in [0.29, 0.717) is 11.1 Å². The van der Waals surface area contributed by atoms with Crippen LogP contribution in [0.3, 0.4) is 0 Å². The van der Waals surface area contributed by atoms with Gasteiger partial charge in [0.05, 0.1) is 16.6 Å². The second-order valence-electron chi connectivity index (χ2n) is 6.86. The van der Waals surface area contributed by atoms with Crippen LogP contribution in [0.4, 0.5) is 0 Å². The number of nitrogens with zero attached hydrogens (tertiary/aromatic N) is 2. The molecule has 27 heavy (non-hydrogen) atoms. The molecule has 1 saturated carbocycles. The van der Waals surface area contributed by atoms with Gasteiger partial charge < -0.3 is 10.1 Å². The van der Waals surface area contributed by atoms with Crippen molar-refractivity contribution in [3.8, 4) is 5.69 Å². The molecule has 138 valence electrons. The van der Waals surface area contributed by atoms with Crippen LogP contribution in [-0.4, -0.2) is 33.6 Å². The molecule has 0 saturated heterocycles. The Morgan fingerprint density at radius 2 is 1.93 bits per heavy atom. The Balaban J connectivity index is 1.56. The van der Waals surface area contributed by atoms with Gasteiger partial charge in [0, 0.05) is 11.7 Å². The van der Waals surface area contributed by atoms with E-state index in [0.717, 1.165) is 29.9 Å². The molecule has 0 aliphatic heterocycles. The third-order valence-electron chi connectivity index (χ3n) is 4.65. The molecular weight excluding hydrogens is 342 g/mol. The Hall–Kier alpha value is -3.15. The molecule has 0 bridgehead atoms. The average molecular weight is 363 g/mol. The van der Waals surface area contributed by atoms with E-state index in [1.807, 2.05) is 47.9 Å². The molecule has 1 amide bonds. The summed E-state index contributed by atoms with van der Waals surface area (Å²) in [5.41, 5.74) is 3.01. The van der Waals surface area contributed by atoms with E-state index < -0.39 is 12.1 Å². The molecule has 1 aromatic heterocycles. The fraction of sp³-hybridized carbons (Fsp3) is 0.286. The number of aryl methyl sites for hydroxylation is 1. The van der Waals surface area contributed by atoms with Crippen LogP contribution in [0.25, 0.3) is 16.7 Å². The van der Waals surface area contributed by atoms with Gasteiger partial charge in [0.1, 0.15) is 5.82 Å². The number of rotatable bonds is 5. The van der Waals surface area contributed by atoms with Crippen molar-refractivity contribution in [1.82, 2.24) is 14.9 Å². The van der Waals surface area contributed by atoms with Crippen LogP contribution in [0.2, 0.25) is 0 Å². The molecular formula is C21H21N3O3. The second kappa shape index (κ2) is 6.87. The number of hydrogen-bond donors (Lipinski definition) is 1. The second-order valence-corrected chi connectivity index (χ2v) is 6.86. The Morgan fingerprint density at radius 1 is 1.19 bits per heavy atom. The Labute approximate surface area is 157 Å². The summed E-state index contributed by atoms with van der Waals surface area (Å²) in [5, 5.41) is 2.84. The van der Waals surface area contributed by atoms with E-state index in [4.69, 9.17) is 4.74 Å². The summed E-state index contributed by atoms with van der Waals surface area (Å²) in [7, 11) is 0. The van der Waals surface area contributed by atoms with Gasteiger partial charge in [0.2, 0.25) is 0 Å². The highest BCUT2D eigenvalue weighted by Crippen LogP contribution is 2.23. The van der Waals surface area contributed by atoms with Crippen LogP contribution >= 0.6 is 0 Å². The van der Waals surface area contributed by atoms with Gasteiger partial charge in [-0.3, -0.25) is 9.36 Å². The fourth-order valence-electron chi connectivity index (χ4n) is 3.06. The SMILES string of the molecule is Cc1nc2cc(C(=O)O[C@H](C)C(=O)NC3CC3)ccc2n1-c1ccccc1. The Morgan fingerprint density at radius 3 is 2.63 bits per heavy atom. The van der Waals surface area contributed by atoms with Crippen LogP contribution in [-0.2, 0) is 9.53 Å². The van der Waals surface area contributed by atoms with E-state index in [9.17, 15) is 9.59 Å². The normalized spacial score (nSPS) is 14.7. The van der Waals surface area contributed by atoms with Gasteiger partial charge in [-0.25, -0.2) is 9.78 Å². The van der Waals surface area contributed by atoms with Gasteiger partial charge in [0.15, 0.2) is 6.10 Å². The van der Waals surface area contributed by atoms with E-state index >= 15 is 0 Å². The fourth-order valence-corrected chi connectivity index (χ4v) is 3.06. The average Bonchev–Trinajstić information content (AvgIpc) is 3.41. The van der Waals surface area contributed by atoms with E-state index in [1.165, 1.54) is 0 Å². The monoisotopic (exact) mass is 363 g/mol. The van der Waals surface area contributed by atoms with Gasteiger partial charge in [-0.2, -0.15) is 0 Å². The van der Waals surface area contributed by atoms with Crippen molar-refractivity contribution in [2.45, 2.75) is 38.8 Å². The smallest absolute Gasteiger partial charge is 0.338 e. The number of nitrogens with one attached hydrogen (secondary N) is 1. The lowest BCUT2D eigenvalue weighted by molar-refractivity contribution is -0.129. The zero-order chi connectivity index (χ0) is 19.0. The number of fused-ring (bicyclic) bond motifs is 1. The molecule has 1 fully saturated rings. The maximum Gasteiger partial charge on any atom is 0.338 e. The molecule has 3 aromatic rings. The summed E-state index contributed by atoms with van der Waals surface area (Å²) >= 11 is 0. The number of aromatic nitrogens is 2. The van der Waals surface area contributed by atoms with Gasteiger partial charge in [-0.15, -0.1) is 0 Å². The zero-order valence-electron chi connectivity index (χ0n) is 15.3. The number of para-hydroxylation sites is 1. The molecule has 0 radical (unpaired) electrons. The first-order valence-corrected chi connectivity index (χ1v) is 9.09. The predicted octanol–water partition coefficient (Wildman–Crippen LogP) is 3.16. The first kappa shape index (κ1) is 17.3. The van der Waals surface area contributed by atoms with Crippen molar-refractivity contribution < 1.29 is 14.3 Å². The van der Waals surface area contributed by atoms with Crippen molar-refractivity contribution >= 4 is 22.9 Å². The first-order chi connectivity index (χ1) is 13.0. The number of ether oxygens (including phenoxy) is 1. The number of hydrogen-bond acceptors (Lipinski definition) is 4. The predicted molar refractivity (Wildman–Crippen MR) is 102 cm³/mol. The van der Waals surface area contributed by atoms with E-state index in [1.54, 1.807) is 19.1 Å². The largest absolute Gasteiger partial charge is 0.449 e. The summed E-state index contributed by atoms with van der Waals surface area (Å²) in [6, 6.07) is 15.4. The van der Waals surface area contributed by atoms with Gasteiger partial charge in [-0.05, 0) is 57.0 Å². The van der Waals surface area contributed by atoms with Crippen LogP contribution in [0, 0.1) is 6.92 Å². The number of amides is 1. The van der Waals surface area contributed by atoms with E-state index in [-0.39, 0.29) is 11.9 Å². The standard InChI is InChI=1S/C21H21N3O3/c1-13(20(25)23-16-9-10-16)27-21(26)15-8-11-19-18(12-15)22-14(2)24(19)17-6-4-3-5-7-17/h3-8,11-13,16H,9-10H2,1-2H3,(H,23,25)/t13-/m1/s1. The molecule has 0 spiro atoms. The lowest BCUT2D eigenvalue weighted by atomic mass is 10.2. The molecule has 1 heterocycles. The maximum absolute atomic E-state index is 12.4. The summed E-state index contributed by atoms with van der Waals surface area (Å²) in [6.45, 7) is 3.51. The Bertz CT molecular complexity index is 1010. The molecule has 6 heteroatoms. The Kier molecular flexibility index (Phi) is 4.39. The first-order valence-electron chi connectivity index (χ1n) is 9.09. The zero-order valence-corrected chi connectivity index (χ0v) is 15.3. The lowest BCUT2D eigenvalue weighted by Crippen LogP contribution is -2.37. The van der Waals surface area contributed by atoms with Crippen LogP contribution in [0.5, 0.6) is 0 Å². The number of imidazole rings is 1. The van der Waals surface area contributed by atoms with Crippen LogP contribution in [0.15, 0.2) is 48.5 Å². The minimum absolute atomic E-state index is 0.236. The van der Waals surface area contributed by atoms with Gasteiger partial charge in [0.25, 0.3) is 5.91 Å². The minimum Gasteiger partial charge on any atom is -0.449 e. The molecule has 1 aliphatic rings. The molecule has 4 rings (SSSR count). The highest BCUT2D eigenvalue weighted by Gasteiger charge is 2.27. The number of benzene rings is 2. The third kappa shape index (κ3) is 3.56. The number of esters is 1. The van der Waals surface area contributed by atoms with Crippen molar-refractivity contribution in [1.29, 1.82) is 0 Å².